The molecule has 1 fully saturated rings. The number of fused-ring (bicyclic) bond motifs is 1. The molecule has 110 valence electrons. The van der Waals surface area contributed by atoms with Gasteiger partial charge in [0.15, 0.2) is 0 Å². The number of nitrogens with one attached hydrogen (secondary N) is 1. The number of rotatable bonds is 3. The van der Waals surface area contributed by atoms with Crippen LogP contribution in [0.1, 0.15) is 29.8 Å². The first-order valence-electron chi connectivity index (χ1n) is 7.61. The minimum atomic E-state index is 0.0562. The number of carbonyl (C=O) groups is 1. The number of benzene rings is 1. The van der Waals surface area contributed by atoms with Crippen LogP contribution in [0, 0.1) is 0 Å². The van der Waals surface area contributed by atoms with E-state index in [1.165, 1.54) is 6.42 Å². The molecule has 4 heteroatoms. The lowest BCUT2D eigenvalue weighted by atomic mass is 10.0. The first-order valence-corrected chi connectivity index (χ1v) is 7.61. The van der Waals surface area contributed by atoms with Crippen molar-refractivity contribution in [1.29, 1.82) is 0 Å². The molecular formula is C17H21N3O. The minimum Gasteiger partial charge on any atom is -0.333 e. The Labute approximate surface area is 125 Å². The molecule has 1 unspecified atom stereocenters. The molecule has 1 saturated heterocycles. The number of carbonyl (C=O) groups excluding carboxylic acids is 1. The standard InChI is InChI=1S/C17H21N3O/c1-18-12-14-7-4-5-11-20(14)17(21)16-10-9-13-6-2-3-8-15(13)19-16/h2-3,6,8-10,14,18H,4-5,7,11-12H2,1H3. The van der Waals surface area contributed by atoms with E-state index in [4.69, 9.17) is 0 Å². The van der Waals surface area contributed by atoms with Gasteiger partial charge >= 0.3 is 0 Å². The van der Waals surface area contributed by atoms with Crippen LogP contribution in [-0.2, 0) is 0 Å². The highest BCUT2D eigenvalue weighted by molar-refractivity contribution is 5.95. The molecule has 1 aromatic carbocycles. The van der Waals surface area contributed by atoms with Crippen LogP contribution < -0.4 is 5.32 Å². The van der Waals surface area contributed by atoms with Crippen LogP contribution in [0.15, 0.2) is 36.4 Å². The summed E-state index contributed by atoms with van der Waals surface area (Å²) in [5, 5.41) is 4.26. The van der Waals surface area contributed by atoms with Crippen molar-refractivity contribution in [3.8, 4) is 0 Å². The molecule has 0 radical (unpaired) electrons. The summed E-state index contributed by atoms with van der Waals surface area (Å²) < 4.78 is 0. The number of para-hydroxylation sites is 1. The topological polar surface area (TPSA) is 45.2 Å². The maximum atomic E-state index is 12.8. The van der Waals surface area contributed by atoms with E-state index in [0.29, 0.717) is 5.69 Å². The number of hydrogen-bond donors (Lipinski definition) is 1. The molecule has 1 amide bonds. The van der Waals surface area contributed by atoms with Gasteiger partial charge in [0.2, 0.25) is 0 Å². The molecule has 1 atom stereocenters. The summed E-state index contributed by atoms with van der Waals surface area (Å²) in [4.78, 5) is 19.3. The molecule has 2 aromatic rings. The number of hydrogen-bond acceptors (Lipinski definition) is 3. The van der Waals surface area contributed by atoms with E-state index in [9.17, 15) is 4.79 Å². The zero-order chi connectivity index (χ0) is 14.7. The lowest BCUT2D eigenvalue weighted by Crippen LogP contribution is -2.48. The average Bonchev–Trinajstić information content (AvgIpc) is 2.54. The Kier molecular flexibility index (Phi) is 4.15. The third-order valence-corrected chi connectivity index (χ3v) is 4.15. The Bertz CT molecular complexity index is 639. The van der Waals surface area contributed by atoms with Crippen LogP contribution in [0.4, 0.5) is 0 Å². The molecule has 1 aromatic heterocycles. The van der Waals surface area contributed by atoms with Gasteiger partial charge in [-0.1, -0.05) is 24.3 Å². The Balaban J connectivity index is 1.87. The third-order valence-electron chi connectivity index (χ3n) is 4.15. The van der Waals surface area contributed by atoms with E-state index in [1.807, 2.05) is 48.3 Å². The molecule has 1 aliphatic heterocycles. The molecule has 1 N–H and O–H groups in total. The van der Waals surface area contributed by atoms with Crippen molar-refractivity contribution in [2.45, 2.75) is 25.3 Å². The molecular weight excluding hydrogens is 262 g/mol. The lowest BCUT2D eigenvalue weighted by Gasteiger charge is -2.35. The zero-order valence-corrected chi connectivity index (χ0v) is 12.4. The summed E-state index contributed by atoms with van der Waals surface area (Å²) in [6, 6.07) is 12.0. The van der Waals surface area contributed by atoms with Crippen LogP contribution in [0.5, 0.6) is 0 Å². The number of amides is 1. The summed E-state index contributed by atoms with van der Waals surface area (Å²) in [5.41, 5.74) is 1.43. The second-order valence-electron chi connectivity index (χ2n) is 5.60. The summed E-state index contributed by atoms with van der Waals surface area (Å²) in [6.45, 7) is 1.68. The van der Waals surface area contributed by atoms with E-state index in [2.05, 4.69) is 10.3 Å². The van der Waals surface area contributed by atoms with Gasteiger partial charge in [-0.25, -0.2) is 4.98 Å². The fourth-order valence-electron chi connectivity index (χ4n) is 3.05. The molecule has 4 nitrogen and oxygen atoms in total. The highest BCUT2D eigenvalue weighted by Crippen LogP contribution is 2.20. The maximum absolute atomic E-state index is 12.8. The molecule has 21 heavy (non-hydrogen) atoms. The Morgan fingerprint density at radius 2 is 2.14 bits per heavy atom. The minimum absolute atomic E-state index is 0.0562. The van der Waals surface area contributed by atoms with Crippen molar-refractivity contribution in [1.82, 2.24) is 15.2 Å². The fraction of sp³-hybridized carbons (Fsp3) is 0.412. The number of nitrogens with zero attached hydrogens (tertiary/aromatic N) is 2. The molecule has 2 heterocycles. The van der Waals surface area contributed by atoms with Gasteiger partial charge in [0.05, 0.1) is 5.52 Å². The second kappa shape index (κ2) is 6.22. The lowest BCUT2D eigenvalue weighted by molar-refractivity contribution is 0.0609. The van der Waals surface area contributed by atoms with Crippen LogP contribution in [-0.4, -0.2) is 42.0 Å². The van der Waals surface area contributed by atoms with Gasteiger partial charge in [-0.05, 0) is 38.4 Å². The zero-order valence-electron chi connectivity index (χ0n) is 12.4. The van der Waals surface area contributed by atoms with Crippen molar-refractivity contribution >= 4 is 16.8 Å². The Morgan fingerprint density at radius 1 is 1.29 bits per heavy atom. The summed E-state index contributed by atoms with van der Waals surface area (Å²) in [7, 11) is 1.94. The number of piperidine rings is 1. The quantitative estimate of drug-likeness (QED) is 0.941. The number of likely N-dealkylation sites (tertiary alicyclic amines) is 1. The van der Waals surface area contributed by atoms with E-state index < -0.39 is 0 Å². The first kappa shape index (κ1) is 14.0. The number of likely N-dealkylation sites (N-methyl/N-ethyl adjacent to an activating group) is 1. The molecule has 3 rings (SSSR count). The van der Waals surface area contributed by atoms with Crippen molar-refractivity contribution in [2.24, 2.45) is 0 Å². The normalized spacial score (nSPS) is 18.9. The molecule has 0 saturated carbocycles. The maximum Gasteiger partial charge on any atom is 0.272 e. The van der Waals surface area contributed by atoms with Crippen molar-refractivity contribution in [3.05, 3.63) is 42.1 Å². The Hall–Kier alpha value is -1.94. The largest absolute Gasteiger partial charge is 0.333 e. The van der Waals surface area contributed by atoms with Crippen molar-refractivity contribution < 1.29 is 4.79 Å². The molecule has 1 aliphatic rings. The van der Waals surface area contributed by atoms with Gasteiger partial charge in [-0.2, -0.15) is 0 Å². The first-order chi connectivity index (χ1) is 10.3. The smallest absolute Gasteiger partial charge is 0.272 e. The van der Waals surface area contributed by atoms with Crippen LogP contribution in [0.25, 0.3) is 10.9 Å². The van der Waals surface area contributed by atoms with Crippen molar-refractivity contribution in [3.63, 3.8) is 0 Å². The van der Waals surface area contributed by atoms with E-state index >= 15 is 0 Å². The summed E-state index contributed by atoms with van der Waals surface area (Å²) in [6.07, 6.45) is 3.35. The van der Waals surface area contributed by atoms with Crippen LogP contribution >= 0.6 is 0 Å². The monoisotopic (exact) mass is 283 g/mol. The highest BCUT2D eigenvalue weighted by Gasteiger charge is 2.27. The second-order valence-corrected chi connectivity index (χ2v) is 5.60. The van der Waals surface area contributed by atoms with E-state index in [1.54, 1.807) is 0 Å². The van der Waals surface area contributed by atoms with Gasteiger partial charge in [0.1, 0.15) is 5.69 Å². The molecule has 0 aliphatic carbocycles. The van der Waals surface area contributed by atoms with Gasteiger partial charge in [0, 0.05) is 24.5 Å². The third kappa shape index (κ3) is 2.90. The number of pyridine rings is 1. The summed E-state index contributed by atoms with van der Waals surface area (Å²) in [5.74, 6) is 0.0562. The van der Waals surface area contributed by atoms with Gasteiger partial charge in [0.25, 0.3) is 5.91 Å². The predicted octanol–water partition coefficient (Wildman–Crippen LogP) is 2.45. The summed E-state index contributed by atoms with van der Waals surface area (Å²) >= 11 is 0. The Morgan fingerprint density at radius 3 is 3.00 bits per heavy atom. The van der Waals surface area contributed by atoms with E-state index in [-0.39, 0.29) is 11.9 Å². The van der Waals surface area contributed by atoms with Gasteiger partial charge < -0.3 is 10.2 Å². The van der Waals surface area contributed by atoms with Crippen LogP contribution in [0.2, 0.25) is 0 Å². The fourth-order valence-corrected chi connectivity index (χ4v) is 3.05. The molecule has 0 spiro atoms. The van der Waals surface area contributed by atoms with Gasteiger partial charge in [-0.15, -0.1) is 0 Å². The number of aromatic nitrogens is 1. The molecule has 0 bridgehead atoms. The van der Waals surface area contributed by atoms with Gasteiger partial charge in [-0.3, -0.25) is 4.79 Å². The predicted molar refractivity (Wildman–Crippen MR) is 84.3 cm³/mol. The highest BCUT2D eigenvalue weighted by atomic mass is 16.2. The average molecular weight is 283 g/mol. The SMILES string of the molecule is CNCC1CCCCN1C(=O)c1ccc2ccccc2n1. The van der Waals surface area contributed by atoms with E-state index in [0.717, 1.165) is 36.8 Å². The van der Waals surface area contributed by atoms with Crippen molar-refractivity contribution in [2.75, 3.05) is 20.1 Å². The van der Waals surface area contributed by atoms with Crippen LogP contribution in [0.3, 0.4) is 0 Å².